The lowest BCUT2D eigenvalue weighted by molar-refractivity contribution is -0.120. The molecule has 2 aromatic rings. The van der Waals surface area contributed by atoms with Crippen LogP contribution in [0.4, 0.5) is 5.69 Å². The largest absolute Gasteiger partial charge is 0.323 e. The van der Waals surface area contributed by atoms with Crippen LogP contribution in [-0.2, 0) is 17.6 Å². The number of amides is 1. The van der Waals surface area contributed by atoms with Gasteiger partial charge in [-0.1, -0.05) is 49.6 Å². The zero-order valence-corrected chi connectivity index (χ0v) is 13.8. The van der Waals surface area contributed by atoms with Crippen LogP contribution >= 0.6 is 0 Å². The van der Waals surface area contributed by atoms with Gasteiger partial charge in [-0.3, -0.25) is 9.89 Å². The average molecular weight is 311 g/mol. The standard InChI is InChI=1S/C19H25N3O/c1-14-18(20-19(23)16-10-6-3-7-11-16)17(22-21-14)13-12-15-8-4-2-5-9-15/h2,4-5,8-9,16H,3,6-7,10-13H2,1H3,(H,20,23)(H,21,22). The van der Waals surface area contributed by atoms with Gasteiger partial charge in [-0.05, 0) is 38.2 Å². The molecule has 23 heavy (non-hydrogen) atoms. The minimum atomic E-state index is 0.162. The summed E-state index contributed by atoms with van der Waals surface area (Å²) in [6.45, 7) is 1.97. The second-order valence-electron chi connectivity index (χ2n) is 6.48. The minimum absolute atomic E-state index is 0.162. The number of aryl methyl sites for hydroxylation is 3. The number of carbonyl (C=O) groups is 1. The predicted octanol–water partition coefficient (Wildman–Crippen LogP) is 4.02. The molecule has 0 bridgehead atoms. The Labute approximate surface area is 137 Å². The molecule has 1 aliphatic carbocycles. The third-order valence-electron chi connectivity index (χ3n) is 4.74. The molecule has 1 fully saturated rings. The number of H-pyrrole nitrogens is 1. The van der Waals surface area contributed by atoms with Crippen molar-refractivity contribution < 1.29 is 4.79 Å². The highest BCUT2D eigenvalue weighted by Crippen LogP contribution is 2.26. The molecule has 3 rings (SSSR count). The maximum Gasteiger partial charge on any atom is 0.227 e. The van der Waals surface area contributed by atoms with Crippen molar-refractivity contribution in [1.29, 1.82) is 0 Å². The third kappa shape index (κ3) is 4.01. The molecule has 0 aliphatic heterocycles. The van der Waals surface area contributed by atoms with Gasteiger partial charge in [0.2, 0.25) is 5.91 Å². The second-order valence-corrected chi connectivity index (χ2v) is 6.48. The Morgan fingerprint density at radius 1 is 1.17 bits per heavy atom. The van der Waals surface area contributed by atoms with Crippen LogP contribution in [0.5, 0.6) is 0 Å². The first-order valence-electron chi connectivity index (χ1n) is 8.62. The van der Waals surface area contributed by atoms with Gasteiger partial charge in [0.25, 0.3) is 0 Å². The van der Waals surface area contributed by atoms with E-state index in [9.17, 15) is 4.79 Å². The fraction of sp³-hybridized carbons (Fsp3) is 0.474. The summed E-state index contributed by atoms with van der Waals surface area (Å²) >= 11 is 0. The number of hydrogen-bond acceptors (Lipinski definition) is 2. The number of anilines is 1. The topological polar surface area (TPSA) is 57.8 Å². The lowest BCUT2D eigenvalue weighted by Crippen LogP contribution is -2.25. The molecule has 0 spiro atoms. The molecule has 1 heterocycles. The predicted molar refractivity (Wildman–Crippen MR) is 92.4 cm³/mol. The zero-order valence-electron chi connectivity index (χ0n) is 13.8. The molecule has 1 aromatic heterocycles. The summed E-state index contributed by atoms with van der Waals surface area (Å²) in [5, 5.41) is 10.5. The van der Waals surface area contributed by atoms with Crippen LogP contribution in [0.2, 0.25) is 0 Å². The SMILES string of the molecule is Cc1[nH]nc(CCc2ccccc2)c1NC(=O)C1CCCCC1. The maximum absolute atomic E-state index is 12.5. The van der Waals surface area contributed by atoms with E-state index in [4.69, 9.17) is 0 Å². The summed E-state index contributed by atoms with van der Waals surface area (Å²) in [5.41, 5.74) is 4.07. The van der Waals surface area contributed by atoms with Gasteiger partial charge >= 0.3 is 0 Å². The Morgan fingerprint density at radius 2 is 1.91 bits per heavy atom. The average Bonchev–Trinajstić information content (AvgIpc) is 2.95. The Kier molecular flexibility index (Phi) is 5.11. The van der Waals surface area contributed by atoms with Gasteiger partial charge in [0.1, 0.15) is 0 Å². The molecule has 4 heteroatoms. The van der Waals surface area contributed by atoms with Crippen LogP contribution in [0.25, 0.3) is 0 Å². The smallest absolute Gasteiger partial charge is 0.227 e. The van der Waals surface area contributed by atoms with Crippen LogP contribution in [-0.4, -0.2) is 16.1 Å². The highest BCUT2D eigenvalue weighted by Gasteiger charge is 2.23. The summed E-state index contributed by atoms with van der Waals surface area (Å²) in [6, 6.07) is 10.4. The molecule has 1 aliphatic rings. The molecule has 1 amide bonds. The first kappa shape index (κ1) is 15.8. The number of rotatable bonds is 5. The van der Waals surface area contributed by atoms with E-state index in [2.05, 4.69) is 39.8 Å². The number of carbonyl (C=O) groups excluding carboxylic acids is 1. The van der Waals surface area contributed by atoms with Crippen LogP contribution in [0, 0.1) is 12.8 Å². The maximum atomic E-state index is 12.5. The first-order chi connectivity index (χ1) is 11.2. The van der Waals surface area contributed by atoms with E-state index in [0.717, 1.165) is 42.8 Å². The molecular weight excluding hydrogens is 286 g/mol. The summed E-state index contributed by atoms with van der Waals surface area (Å²) in [7, 11) is 0. The molecule has 0 radical (unpaired) electrons. The van der Waals surface area contributed by atoms with Gasteiger partial charge < -0.3 is 5.32 Å². The minimum Gasteiger partial charge on any atom is -0.323 e. The first-order valence-corrected chi connectivity index (χ1v) is 8.62. The Morgan fingerprint density at radius 3 is 2.65 bits per heavy atom. The monoisotopic (exact) mass is 311 g/mol. The molecule has 1 saturated carbocycles. The highest BCUT2D eigenvalue weighted by molar-refractivity contribution is 5.93. The number of benzene rings is 1. The van der Waals surface area contributed by atoms with Gasteiger partial charge in [0, 0.05) is 5.92 Å². The molecular formula is C19H25N3O. The fourth-order valence-corrected chi connectivity index (χ4v) is 3.32. The Hall–Kier alpha value is -2.10. The van der Waals surface area contributed by atoms with Crippen LogP contribution < -0.4 is 5.32 Å². The van der Waals surface area contributed by atoms with Gasteiger partial charge in [-0.15, -0.1) is 0 Å². The fourth-order valence-electron chi connectivity index (χ4n) is 3.32. The van der Waals surface area contributed by atoms with Crippen molar-refractivity contribution in [3.63, 3.8) is 0 Å². The van der Waals surface area contributed by atoms with E-state index in [0.29, 0.717) is 0 Å². The van der Waals surface area contributed by atoms with Crippen LogP contribution in [0.15, 0.2) is 30.3 Å². The number of aromatic amines is 1. The summed E-state index contributed by atoms with van der Waals surface area (Å²) < 4.78 is 0. The van der Waals surface area contributed by atoms with Crippen molar-refractivity contribution in [3.05, 3.63) is 47.3 Å². The van der Waals surface area contributed by atoms with Crippen molar-refractivity contribution in [1.82, 2.24) is 10.2 Å². The van der Waals surface area contributed by atoms with Gasteiger partial charge in [0.05, 0.1) is 17.1 Å². The molecule has 0 saturated heterocycles. The zero-order chi connectivity index (χ0) is 16.1. The van der Waals surface area contributed by atoms with Crippen molar-refractivity contribution in [3.8, 4) is 0 Å². The normalized spacial score (nSPS) is 15.5. The Bertz CT molecular complexity index is 642. The summed E-state index contributed by atoms with van der Waals surface area (Å²) in [4.78, 5) is 12.5. The van der Waals surface area contributed by atoms with E-state index < -0.39 is 0 Å². The molecule has 0 atom stereocenters. The van der Waals surface area contributed by atoms with Crippen molar-refractivity contribution in [2.24, 2.45) is 5.92 Å². The third-order valence-corrected chi connectivity index (χ3v) is 4.74. The van der Waals surface area contributed by atoms with Crippen LogP contribution in [0.1, 0.15) is 49.1 Å². The number of nitrogens with zero attached hydrogens (tertiary/aromatic N) is 1. The lowest BCUT2D eigenvalue weighted by atomic mass is 9.88. The van der Waals surface area contributed by atoms with E-state index in [1.165, 1.54) is 24.8 Å². The van der Waals surface area contributed by atoms with E-state index in [1.807, 2.05) is 13.0 Å². The van der Waals surface area contributed by atoms with E-state index in [1.54, 1.807) is 0 Å². The lowest BCUT2D eigenvalue weighted by Gasteiger charge is -2.20. The van der Waals surface area contributed by atoms with Gasteiger partial charge in [0.15, 0.2) is 0 Å². The molecule has 2 N–H and O–H groups in total. The van der Waals surface area contributed by atoms with Gasteiger partial charge in [-0.25, -0.2) is 0 Å². The molecule has 122 valence electrons. The quantitative estimate of drug-likeness (QED) is 0.876. The summed E-state index contributed by atoms with van der Waals surface area (Å²) in [5.74, 6) is 0.329. The Balaban J connectivity index is 1.65. The number of hydrogen-bond donors (Lipinski definition) is 2. The summed E-state index contributed by atoms with van der Waals surface area (Å²) in [6.07, 6.45) is 7.39. The molecule has 4 nitrogen and oxygen atoms in total. The van der Waals surface area contributed by atoms with Crippen molar-refractivity contribution in [2.75, 3.05) is 5.32 Å². The molecule has 0 unspecified atom stereocenters. The van der Waals surface area contributed by atoms with E-state index in [-0.39, 0.29) is 11.8 Å². The van der Waals surface area contributed by atoms with Crippen molar-refractivity contribution >= 4 is 11.6 Å². The molecule has 1 aromatic carbocycles. The van der Waals surface area contributed by atoms with E-state index >= 15 is 0 Å². The number of nitrogens with one attached hydrogen (secondary N) is 2. The second kappa shape index (κ2) is 7.44. The van der Waals surface area contributed by atoms with Gasteiger partial charge in [-0.2, -0.15) is 5.10 Å². The number of aromatic nitrogens is 2. The van der Waals surface area contributed by atoms with Crippen molar-refractivity contribution in [2.45, 2.75) is 51.9 Å². The van der Waals surface area contributed by atoms with Crippen LogP contribution in [0.3, 0.4) is 0 Å². The highest BCUT2D eigenvalue weighted by atomic mass is 16.1.